The highest BCUT2D eigenvalue weighted by Crippen LogP contribution is 2.29. The number of ether oxygens (including phenoxy) is 1. The quantitative estimate of drug-likeness (QED) is 0.387. The topological polar surface area (TPSA) is 87.0 Å². The van der Waals surface area contributed by atoms with Gasteiger partial charge in [0, 0.05) is 11.1 Å². The number of para-hydroxylation sites is 1. The predicted molar refractivity (Wildman–Crippen MR) is 112 cm³/mol. The van der Waals surface area contributed by atoms with Crippen molar-refractivity contribution in [2.24, 2.45) is 0 Å². The third-order valence-electron chi connectivity index (χ3n) is 5.57. The largest absolute Gasteiger partial charge is 0.439 e. The maximum atomic E-state index is 13.2. The van der Waals surface area contributed by atoms with E-state index in [1.54, 1.807) is 24.3 Å². The highest BCUT2D eigenvalue weighted by atomic mass is 16.5. The molecule has 2 aromatic heterocycles. The number of esters is 1. The average molecular weight is 400 g/mol. The maximum absolute atomic E-state index is 13.2. The van der Waals surface area contributed by atoms with Gasteiger partial charge in [0.05, 0.1) is 16.5 Å². The van der Waals surface area contributed by atoms with Crippen LogP contribution >= 0.6 is 0 Å². The highest BCUT2D eigenvalue weighted by molar-refractivity contribution is 6.05. The van der Waals surface area contributed by atoms with E-state index < -0.39 is 5.97 Å². The highest BCUT2D eigenvalue weighted by Gasteiger charge is 2.23. The number of pyridine rings is 1. The lowest BCUT2D eigenvalue weighted by molar-refractivity contribution is 0.0337. The Hall–Kier alpha value is -3.61. The molecule has 30 heavy (non-hydrogen) atoms. The van der Waals surface area contributed by atoms with Crippen molar-refractivity contribution in [1.82, 2.24) is 20.0 Å². The van der Waals surface area contributed by atoms with E-state index in [1.165, 1.54) is 0 Å². The lowest BCUT2D eigenvalue weighted by atomic mass is 9.97. The van der Waals surface area contributed by atoms with E-state index in [-0.39, 0.29) is 12.3 Å². The molecule has 0 radical (unpaired) electrons. The van der Waals surface area contributed by atoms with Gasteiger partial charge in [-0.2, -0.15) is 4.68 Å². The number of carbonyl (C=O) groups excluding carboxylic acids is 1. The average Bonchev–Trinajstić information content (AvgIpc) is 3.02. The first kappa shape index (κ1) is 18.4. The van der Waals surface area contributed by atoms with Crippen molar-refractivity contribution in [2.45, 2.75) is 38.8 Å². The zero-order valence-corrected chi connectivity index (χ0v) is 16.4. The number of benzene rings is 2. The van der Waals surface area contributed by atoms with Crippen molar-refractivity contribution in [3.8, 4) is 0 Å². The van der Waals surface area contributed by atoms with Gasteiger partial charge in [-0.3, -0.25) is 9.78 Å². The molecule has 0 spiro atoms. The Bertz CT molecular complexity index is 1330. The minimum Gasteiger partial charge on any atom is -0.439 e. The van der Waals surface area contributed by atoms with Crippen molar-refractivity contribution in [3.05, 3.63) is 75.7 Å². The molecular formula is C23H20N4O3. The molecule has 0 saturated heterocycles. The van der Waals surface area contributed by atoms with E-state index >= 15 is 0 Å². The first-order valence-electron chi connectivity index (χ1n) is 10.1. The number of hydrogen-bond donors (Lipinski definition) is 0. The summed E-state index contributed by atoms with van der Waals surface area (Å²) in [6.07, 6.45) is 4.85. The second-order valence-corrected chi connectivity index (χ2v) is 7.46. The third kappa shape index (κ3) is 3.22. The predicted octanol–water partition coefficient (Wildman–Crippen LogP) is 3.42. The van der Waals surface area contributed by atoms with Crippen molar-refractivity contribution in [1.29, 1.82) is 0 Å². The lowest BCUT2D eigenvalue weighted by Gasteiger charge is -2.15. The summed E-state index contributed by atoms with van der Waals surface area (Å²) in [5.41, 5.74) is 3.45. The molecule has 2 aromatic carbocycles. The van der Waals surface area contributed by atoms with Gasteiger partial charge in [-0.25, -0.2) is 4.79 Å². The normalized spacial score (nSPS) is 13.7. The van der Waals surface area contributed by atoms with Crippen LogP contribution < -0.4 is 5.56 Å². The Morgan fingerprint density at radius 1 is 0.933 bits per heavy atom. The second-order valence-electron chi connectivity index (χ2n) is 7.46. The Morgan fingerprint density at radius 2 is 1.67 bits per heavy atom. The molecule has 0 bridgehead atoms. The van der Waals surface area contributed by atoms with Crippen LogP contribution in [0.4, 0.5) is 0 Å². The van der Waals surface area contributed by atoms with Crippen molar-refractivity contribution >= 4 is 27.8 Å². The number of fused-ring (bicyclic) bond motifs is 3. The monoisotopic (exact) mass is 400 g/mol. The molecule has 0 fully saturated rings. The summed E-state index contributed by atoms with van der Waals surface area (Å²) >= 11 is 0. The fourth-order valence-electron chi connectivity index (χ4n) is 4.08. The summed E-state index contributed by atoms with van der Waals surface area (Å²) in [6, 6.07) is 14.6. The van der Waals surface area contributed by atoms with Crippen LogP contribution in [0.1, 0.15) is 40.9 Å². The number of aromatic nitrogens is 4. The van der Waals surface area contributed by atoms with E-state index in [2.05, 4.69) is 10.3 Å². The Kier molecular flexibility index (Phi) is 4.71. The van der Waals surface area contributed by atoms with Crippen molar-refractivity contribution in [2.75, 3.05) is 0 Å². The fourth-order valence-corrected chi connectivity index (χ4v) is 4.08. The molecule has 150 valence electrons. The molecule has 0 unspecified atom stereocenters. The van der Waals surface area contributed by atoms with E-state index in [9.17, 15) is 9.59 Å². The van der Waals surface area contributed by atoms with Gasteiger partial charge in [0.2, 0.25) is 0 Å². The van der Waals surface area contributed by atoms with Gasteiger partial charge in [0.15, 0.2) is 6.73 Å². The first-order chi connectivity index (χ1) is 14.7. The minimum atomic E-state index is -0.464. The Balaban J connectivity index is 1.52. The molecule has 4 aromatic rings. The molecule has 0 aliphatic heterocycles. The van der Waals surface area contributed by atoms with E-state index in [0.29, 0.717) is 16.5 Å². The van der Waals surface area contributed by atoms with Crippen LogP contribution in [0.25, 0.3) is 21.8 Å². The second kappa shape index (κ2) is 7.67. The summed E-state index contributed by atoms with van der Waals surface area (Å²) in [4.78, 5) is 30.6. The molecule has 5 rings (SSSR count). The van der Waals surface area contributed by atoms with Crippen LogP contribution in [0.2, 0.25) is 0 Å². The van der Waals surface area contributed by atoms with Gasteiger partial charge in [-0.05, 0) is 49.4 Å². The summed E-state index contributed by atoms with van der Waals surface area (Å²) < 4.78 is 6.62. The van der Waals surface area contributed by atoms with Crippen molar-refractivity contribution in [3.63, 3.8) is 0 Å². The standard InChI is InChI=1S/C23H20N4O3/c28-22-17-10-5-7-13-20(17)25-26-27(22)14-30-23(29)21-15-8-2-1-3-11-18(15)24-19-12-6-4-9-16(19)21/h4-7,9-10,12-13H,1-3,8,11,14H2. The number of rotatable bonds is 3. The first-order valence-corrected chi connectivity index (χ1v) is 10.1. The maximum Gasteiger partial charge on any atom is 0.340 e. The summed E-state index contributed by atoms with van der Waals surface area (Å²) in [5, 5.41) is 9.15. The SMILES string of the molecule is O=C(OCn1nnc2ccccc2c1=O)c1c2c(nc3ccccc13)CCCCC2. The molecule has 1 aliphatic carbocycles. The van der Waals surface area contributed by atoms with Gasteiger partial charge in [-0.1, -0.05) is 42.0 Å². The van der Waals surface area contributed by atoms with E-state index in [0.717, 1.165) is 58.9 Å². The molecule has 0 amide bonds. The zero-order chi connectivity index (χ0) is 20.5. The van der Waals surface area contributed by atoms with E-state index in [1.807, 2.05) is 24.3 Å². The lowest BCUT2D eigenvalue weighted by Crippen LogP contribution is -2.27. The molecule has 1 aliphatic rings. The summed E-state index contributed by atoms with van der Waals surface area (Å²) in [5.74, 6) is -0.464. The number of carbonyl (C=O) groups is 1. The smallest absolute Gasteiger partial charge is 0.340 e. The van der Waals surface area contributed by atoms with E-state index in [4.69, 9.17) is 9.72 Å². The fraction of sp³-hybridized carbons (Fsp3) is 0.261. The van der Waals surface area contributed by atoms with Crippen LogP contribution in [0.3, 0.4) is 0 Å². The molecular weight excluding hydrogens is 380 g/mol. The van der Waals surface area contributed by atoms with Crippen LogP contribution in [0, 0.1) is 0 Å². The summed E-state index contributed by atoms with van der Waals surface area (Å²) in [6.45, 7) is -0.291. The van der Waals surface area contributed by atoms with Crippen LogP contribution in [-0.2, 0) is 24.3 Å². The van der Waals surface area contributed by atoms with Gasteiger partial charge < -0.3 is 4.74 Å². The zero-order valence-electron chi connectivity index (χ0n) is 16.4. The molecule has 0 atom stereocenters. The summed E-state index contributed by atoms with van der Waals surface area (Å²) in [7, 11) is 0. The van der Waals surface area contributed by atoms with Gasteiger partial charge in [-0.15, -0.1) is 5.10 Å². The van der Waals surface area contributed by atoms with Gasteiger partial charge in [0.1, 0.15) is 5.52 Å². The Morgan fingerprint density at radius 3 is 2.53 bits per heavy atom. The van der Waals surface area contributed by atoms with Crippen LogP contribution in [0.15, 0.2) is 53.3 Å². The number of nitrogens with zero attached hydrogens (tertiary/aromatic N) is 4. The Labute approximate surface area is 172 Å². The van der Waals surface area contributed by atoms with Crippen LogP contribution in [-0.4, -0.2) is 25.9 Å². The van der Waals surface area contributed by atoms with Gasteiger partial charge >= 0.3 is 5.97 Å². The molecule has 0 N–H and O–H groups in total. The molecule has 7 heteroatoms. The molecule has 7 nitrogen and oxygen atoms in total. The van der Waals surface area contributed by atoms with Crippen LogP contribution in [0.5, 0.6) is 0 Å². The van der Waals surface area contributed by atoms with Crippen molar-refractivity contribution < 1.29 is 9.53 Å². The van der Waals surface area contributed by atoms with Gasteiger partial charge in [0.25, 0.3) is 5.56 Å². The number of hydrogen-bond acceptors (Lipinski definition) is 6. The molecule has 0 saturated carbocycles. The number of aryl methyl sites for hydroxylation is 1. The molecule has 2 heterocycles. The minimum absolute atomic E-state index is 0.291. The third-order valence-corrected chi connectivity index (χ3v) is 5.57.